The van der Waals surface area contributed by atoms with Gasteiger partial charge >= 0.3 is 0 Å². The van der Waals surface area contributed by atoms with E-state index in [0.717, 1.165) is 12.3 Å². The van der Waals surface area contributed by atoms with Crippen molar-refractivity contribution < 1.29 is 19.3 Å². The Morgan fingerprint density at radius 2 is 1.78 bits per heavy atom. The van der Waals surface area contributed by atoms with E-state index in [4.69, 9.17) is 16.3 Å². The number of hydrogen-bond acceptors (Lipinski definition) is 8. The van der Waals surface area contributed by atoms with Gasteiger partial charge in [-0.05, 0) is 57.5 Å². The van der Waals surface area contributed by atoms with Gasteiger partial charge in [0.1, 0.15) is 27.9 Å². The molecule has 0 saturated carbocycles. The quantitative estimate of drug-likeness (QED) is 0.292. The van der Waals surface area contributed by atoms with Crippen molar-refractivity contribution in [3.8, 4) is 22.8 Å². The van der Waals surface area contributed by atoms with E-state index in [0.29, 0.717) is 28.3 Å². The van der Waals surface area contributed by atoms with E-state index in [2.05, 4.69) is 19.9 Å². The smallest absolute Gasteiger partial charge is 0.277 e. The van der Waals surface area contributed by atoms with E-state index in [-0.39, 0.29) is 22.3 Å². The van der Waals surface area contributed by atoms with Gasteiger partial charge in [0, 0.05) is 24.2 Å². The highest BCUT2D eigenvalue weighted by molar-refractivity contribution is 6.32. The molecule has 0 aliphatic rings. The first-order valence-electron chi connectivity index (χ1n) is 11.3. The van der Waals surface area contributed by atoms with Crippen molar-refractivity contribution in [1.29, 1.82) is 0 Å². The lowest BCUT2D eigenvalue weighted by Gasteiger charge is -2.26. The summed E-state index contributed by atoms with van der Waals surface area (Å²) in [5.41, 5.74) is -1.18. The van der Waals surface area contributed by atoms with E-state index in [1.165, 1.54) is 30.7 Å². The van der Waals surface area contributed by atoms with Crippen LogP contribution in [0.25, 0.3) is 17.1 Å². The van der Waals surface area contributed by atoms with Crippen LogP contribution in [0.15, 0.2) is 53.7 Å². The second-order valence-electron chi connectivity index (χ2n) is 9.23. The van der Waals surface area contributed by atoms with Crippen LogP contribution in [-0.4, -0.2) is 42.6 Å². The van der Waals surface area contributed by atoms with Crippen LogP contribution < -0.4 is 10.3 Å². The topological polar surface area (TPSA) is 123 Å². The first-order chi connectivity index (χ1) is 17.3. The lowest BCUT2D eigenvalue weighted by molar-refractivity contribution is -0.0710. The number of rotatable bonds is 6. The van der Waals surface area contributed by atoms with Crippen molar-refractivity contribution in [3.05, 3.63) is 92.9 Å². The molecule has 37 heavy (non-hydrogen) atoms. The standard InChI is InChI=1S/C25H24BClFN5O4/c1-13-11-30-17(16-7-8-29-23(32-16)24(3,4)35)10-18(13)33-14(2)9-19(21(27)22(33)34)37-25(26,36)20-6-5-15(28)12-31-20/h5-12,35-36H,26H2,1-4H3. The van der Waals surface area contributed by atoms with Gasteiger partial charge in [-0.1, -0.05) is 11.6 Å². The van der Waals surface area contributed by atoms with Crippen molar-refractivity contribution in [2.45, 2.75) is 39.0 Å². The summed E-state index contributed by atoms with van der Waals surface area (Å²) in [6.07, 6.45) is 4.08. The Balaban J connectivity index is 1.77. The van der Waals surface area contributed by atoms with Gasteiger partial charge in [0.15, 0.2) is 5.82 Å². The minimum atomic E-state index is -1.98. The predicted molar refractivity (Wildman–Crippen MR) is 138 cm³/mol. The summed E-state index contributed by atoms with van der Waals surface area (Å²) in [6.45, 7) is 6.64. The minimum Gasteiger partial charge on any atom is -0.464 e. The number of aliphatic hydroxyl groups is 2. The molecule has 0 radical (unpaired) electrons. The van der Waals surface area contributed by atoms with Crippen LogP contribution in [0, 0.1) is 19.7 Å². The average molecular weight is 524 g/mol. The number of aryl methyl sites for hydroxylation is 2. The van der Waals surface area contributed by atoms with Gasteiger partial charge in [-0.2, -0.15) is 0 Å². The fourth-order valence-electron chi connectivity index (χ4n) is 3.66. The first-order valence-corrected chi connectivity index (χ1v) is 11.6. The SMILES string of the molecule is BC(O)(Oc1cc(C)n(-c2cc(-c3ccnc(C(C)(C)O)n3)ncc2C)c(=O)c1Cl)c1ccc(F)cn1. The molecule has 190 valence electrons. The summed E-state index contributed by atoms with van der Waals surface area (Å²) >= 11 is 6.41. The average Bonchev–Trinajstić information content (AvgIpc) is 2.83. The van der Waals surface area contributed by atoms with Crippen molar-refractivity contribution >= 4 is 19.4 Å². The van der Waals surface area contributed by atoms with Gasteiger partial charge in [-0.25, -0.2) is 14.4 Å². The first kappa shape index (κ1) is 26.4. The van der Waals surface area contributed by atoms with Gasteiger partial charge < -0.3 is 14.9 Å². The third-order valence-electron chi connectivity index (χ3n) is 5.59. The van der Waals surface area contributed by atoms with Crippen LogP contribution in [0.1, 0.15) is 36.6 Å². The summed E-state index contributed by atoms with van der Waals surface area (Å²) < 4.78 is 20.3. The van der Waals surface area contributed by atoms with Crippen molar-refractivity contribution in [3.63, 3.8) is 0 Å². The molecule has 2 N–H and O–H groups in total. The Labute approximate surface area is 218 Å². The number of pyridine rings is 3. The highest BCUT2D eigenvalue weighted by atomic mass is 35.5. The summed E-state index contributed by atoms with van der Waals surface area (Å²) in [4.78, 5) is 30.2. The molecule has 4 aromatic rings. The molecule has 4 aromatic heterocycles. The van der Waals surface area contributed by atoms with Crippen molar-refractivity contribution in [2.75, 3.05) is 0 Å². The number of hydrogen-bond donors (Lipinski definition) is 2. The Morgan fingerprint density at radius 1 is 1.05 bits per heavy atom. The maximum atomic E-state index is 13.4. The van der Waals surface area contributed by atoms with Crippen LogP contribution in [0.2, 0.25) is 5.02 Å². The molecule has 0 aliphatic heterocycles. The number of aromatic nitrogens is 5. The molecule has 0 aromatic carbocycles. The van der Waals surface area contributed by atoms with E-state index in [9.17, 15) is 19.4 Å². The zero-order valence-corrected chi connectivity index (χ0v) is 21.6. The zero-order valence-electron chi connectivity index (χ0n) is 20.8. The fraction of sp³-hybridized carbons (Fsp3) is 0.240. The maximum Gasteiger partial charge on any atom is 0.277 e. The van der Waals surface area contributed by atoms with Gasteiger partial charge in [-0.15, -0.1) is 0 Å². The monoisotopic (exact) mass is 523 g/mol. The van der Waals surface area contributed by atoms with Crippen LogP contribution in [-0.2, 0) is 11.3 Å². The summed E-state index contributed by atoms with van der Waals surface area (Å²) in [5, 5.41) is 20.8. The van der Waals surface area contributed by atoms with Gasteiger partial charge in [0.2, 0.25) is 13.5 Å². The summed E-state index contributed by atoms with van der Waals surface area (Å²) in [6, 6.07) is 7.27. The zero-order chi connectivity index (χ0) is 27.1. The molecule has 9 nitrogen and oxygen atoms in total. The van der Waals surface area contributed by atoms with E-state index >= 15 is 0 Å². The highest BCUT2D eigenvalue weighted by Gasteiger charge is 2.29. The third-order valence-corrected chi connectivity index (χ3v) is 5.94. The van der Waals surface area contributed by atoms with Crippen LogP contribution in [0.4, 0.5) is 4.39 Å². The largest absolute Gasteiger partial charge is 0.464 e. The summed E-state index contributed by atoms with van der Waals surface area (Å²) in [5.74, 6) is -0.398. The number of ether oxygens (including phenoxy) is 1. The second-order valence-corrected chi connectivity index (χ2v) is 9.61. The molecular formula is C25H24BClFN5O4. The Morgan fingerprint density at radius 3 is 2.43 bits per heavy atom. The van der Waals surface area contributed by atoms with Crippen LogP contribution >= 0.6 is 11.6 Å². The molecular weight excluding hydrogens is 500 g/mol. The van der Waals surface area contributed by atoms with E-state index in [1.54, 1.807) is 46.0 Å². The second kappa shape index (κ2) is 9.66. The van der Waals surface area contributed by atoms with Crippen molar-refractivity contribution in [2.24, 2.45) is 0 Å². The van der Waals surface area contributed by atoms with Crippen molar-refractivity contribution in [1.82, 2.24) is 24.5 Å². The Bertz CT molecular complexity index is 1540. The van der Waals surface area contributed by atoms with Gasteiger partial charge in [-0.3, -0.25) is 19.3 Å². The van der Waals surface area contributed by atoms with Crippen LogP contribution in [0.3, 0.4) is 0 Å². The number of halogens is 2. The highest BCUT2D eigenvalue weighted by Crippen LogP contribution is 2.30. The molecule has 4 heterocycles. The molecule has 0 fully saturated rings. The fourth-order valence-corrected chi connectivity index (χ4v) is 3.84. The van der Waals surface area contributed by atoms with Gasteiger partial charge in [0.25, 0.3) is 5.56 Å². The Kier molecular flexibility index (Phi) is 6.89. The molecule has 0 amide bonds. The van der Waals surface area contributed by atoms with Crippen LogP contribution in [0.5, 0.6) is 5.75 Å². The Hall–Kier alpha value is -3.67. The normalized spacial score (nSPS) is 13.3. The molecule has 1 unspecified atom stereocenters. The molecule has 0 spiro atoms. The molecule has 4 rings (SSSR count). The van der Waals surface area contributed by atoms with E-state index in [1.807, 2.05) is 0 Å². The lowest BCUT2D eigenvalue weighted by Crippen LogP contribution is -2.35. The molecule has 0 bridgehead atoms. The van der Waals surface area contributed by atoms with Gasteiger partial charge in [0.05, 0.1) is 23.3 Å². The van der Waals surface area contributed by atoms with E-state index < -0.39 is 22.7 Å². The molecule has 12 heteroatoms. The molecule has 0 aliphatic carbocycles. The minimum absolute atomic E-state index is 0.0386. The predicted octanol–water partition coefficient (Wildman–Crippen LogP) is 2.54. The molecule has 1 atom stereocenters. The summed E-state index contributed by atoms with van der Waals surface area (Å²) in [7, 11) is 1.31. The maximum absolute atomic E-state index is 13.4. The molecule has 0 saturated heterocycles. The number of nitrogens with zero attached hydrogens (tertiary/aromatic N) is 5. The lowest BCUT2D eigenvalue weighted by atomic mass is 9.90. The third kappa shape index (κ3) is 5.38.